The third-order valence-corrected chi connectivity index (χ3v) is 7.92. The first-order valence-corrected chi connectivity index (χ1v) is 12.4. The number of benzene rings is 2. The number of nitrogens with one attached hydrogen (secondary N) is 1. The van der Waals surface area contributed by atoms with E-state index in [2.05, 4.69) is 64.4 Å². The molecule has 29 heavy (non-hydrogen) atoms. The average molecular weight is 411 g/mol. The SMILES string of the molecule is O=C(NCCSC1CCCCC1)C1CCN(Cc2cccc3ccccc23)CC1. The lowest BCUT2D eigenvalue weighted by molar-refractivity contribution is -0.126. The third kappa shape index (κ3) is 5.76. The van der Waals surface area contributed by atoms with Crippen LogP contribution in [0, 0.1) is 5.92 Å². The van der Waals surface area contributed by atoms with Crippen LogP contribution in [-0.4, -0.2) is 41.4 Å². The molecule has 2 aromatic rings. The number of likely N-dealkylation sites (tertiary alicyclic amines) is 1. The molecule has 2 aromatic carbocycles. The Morgan fingerprint density at radius 2 is 1.72 bits per heavy atom. The molecule has 1 aliphatic heterocycles. The number of amides is 1. The van der Waals surface area contributed by atoms with Crippen molar-refractivity contribution in [1.29, 1.82) is 0 Å². The van der Waals surface area contributed by atoms with Crippen LogP contribution in [0.1, 0.15) is 50.5 Å². The molecule has 0 radical (unpaired) electrons. The van der Waals surface area contributed by atoms with Crippen LogP contribution < -0.4 is 5.32 Å². The molecule has 4 heteroatoms. The third-order valence-electron chi connectivity index (χ3n) is 6.54. The number of fused-ring (bicyclic) bond motifs is 1. The normalized spacial score (nSPS) is 19.4. The molecule has 3 nitrogen and oxygen atoms in total. The standard InChI is InChI=1S/C25H34N2OS/c28-25(26-15-18-29-23-10-2-1-3-11-23)21-13-16-27(17-14-21)19-22-9-6-8-20-7-4-5-12-24(20)22/h4-9,12,21,23H,1-3,10-11,13-19H2,(H,26,28). The summed E-state index contributed by atoms with van der Waals surface area (Å²) < 4.78 is 0. The Kier molecular flexibility index (Phi) is 7.50. The smallest absolute Gasteiger partial charge is 0.223 e. The summed E-state index contributed by atoms with van der Waals surface area (Å²) in [6.45, 7) is 3.83. The van der Waals surface area contributed by atoms with Gasteiger partial charge in [-0.15, -0.1) is 0 Å². The number of rotatable bonds is 7. The fraction of sp³-hybridized carbons (Fsp3) is 0.560. The first kappa shape index (κ1) is 20.7. The van der Waals surface area contributed by atoms with Crippen molar-refractivity contribution < 1.29 is 4.79 Å². The van der Waals surface area contributed by atoms with Crippen molar-refractivity contribution in [2.24, 2.45) is 5.92 Å². The van der Waals surface area contributed by atoms with Crippen molar-refractivity contribution in [3.05, 3.63) is 48.0 Å². The van der Waals surface area contributed by atoms with Crippen molar-refractivity contribution in [2.45, 2.75) is 56.7 Å². The second-order valence-electron chi connectivity index (χ2n) is 8.61. The number of nitrogens with zero attached hydrogens (tertiary/aromatic N) is 1. The van der Waals surface area contributed by atoms with Gasteiger partial charge in [0.25, 0.3) is 0 Å². The van der Waals surface area contributed by atoms with Gasteiger partial charge in [0.05, 0.1) is 0 Å². The van der Waals surface area contributed by atoms with Gasteiger partial charge in [-0.2, -0.15) is 11.8 Å². The second kappa shape index (κ2) is 10.5. The highest BCUT2D eigenvalue weighted by Gasteiger charge is 2.25. The summed E-state index contributed by atoms with van der Waals surface area (Å²) >= 11 is 2.07. The minimum atomic E-state index is 0.193. The van der Waals surface area contributed by atoms with Gasteiger partial charge in [-0.1, -0.05) is 61.7 Å². The maximum atomic E-state index is 12.6. The van der Waals surface area contributed by atoms with E-state index in [0.717, 1.165) is 50.0 Å². The van der Waals surface area contributed by atoms with Crippen LogP contribution in [-0.2, 0) is 11.3 Å². The molecule has 0 bridgehead atoms. The fourth-order valence-electron chi connectivity index (χ4n) is 4.80. The van der Waals surface area contributed by atoms with E-state index in [1.54, 1.807) is 0 Å². The predicted octanol–water partition coefficient (Wildman–Crippen LogP) is 5.23. The molecular weight excluding hydrogens is 376 g/mol. The zero-order valence-corrected chi connectivity index (χ0v) is 18.3. The van der Waals surface area contributed by atoms with E-state index in [9.17, 15) is 4.79 Å². The molecule has 0 spiro atoms. The molecule has 4 rings (SSSR count). The second-order valence-corrected chi connectivity index (χ2v) is 10.0. The van der Waals surface area contributed by atoms with Crippen molar-refractivity contribution in [3.63, 3.8) is 0 Å². The number of carbonyl (C=O) groups is 1. The molecule has 0 unspecified atom stereocenters. The largest absolute Gasteiger partial charge is 0.355 e. The molecule has 1 saturated heterocycles. The van der Waals surface area contributed by atoms with Gasteiger partial charge in [-0.3, -0.25) is 9.69 Å². The number of thioether (sulfide) groups is 1. The number of hydrogen-bond donors (Lipinski definition) is 1. The van der Waals surface area contributed by atoms with Crippen LogP contribution in [0.15, 0.2) is 42.5 Å². The van der Waals surface area contributed by atoms with Gasteiger partial charge in [0.1, 0.15) is 0 Å². The van der Waals surface area contributed by atoms with Crippen LogP contribution in [0.25, 0.3) is 10.8 Å². The number of piperidine rings is 1. The predicted molar refractivity (Wildman–Crippen MR) is 124 cm³/mol. The van der Waals surface area contributed by atoms with Gasteiger partial charge >= 0.3 is 0 Å². The topological polar surface area (TPSA) is 32.3 Å². The maximum Gasteiger partial charge on any atom is 0.223 e. The molecular formula is C25H34N2OS. The molecule has 2 aliphatic rings. The average Bonchev–Trinajstić information content (AvgIpc) is 2.78. The lowest BCUT2D eigenvalue weighted by Crippen LogP contribution is -2.40. The lowest BCUT2D eigenvalue weighted by Gasteiger charge is -2.31. The van der Waals surface area contributed by atoms with E-state index < -0.39 is 0 Å². The number of carbonyl (C=O) groups excluding carboxylic acids is 1. The van der Waals surface area contributed by atoms with Crippen molar-refractivity contribution >= 4 is 28.4 Å². The Labute approximate surface area is 179 Å². The van der Waals surface area contributed by atoms with Crippen molar-refractivity contribution in [2.75, 3.05) is 25.4 Å². The molecule has 0 atom stereocenters. The summed E-state index contributed by atoms with van der Waals surface area (Å²) in [6.07, 6.45) is 8.88. The summed E-state index contributed by atoms with van der Waals surface area (Å²) in [6, 6.07) is 15.2. The maximum absolute atomic E-state index is 12.6. The van der Waals surface area contributed by atoms with E-state index in [1.807, 2.05) is 0 Å². The van der Waals surface area contributed by atoms with Gasteiger partial charge in [0, 0.05) is 30.0 Å². The van der Waals surface area contributed by atoms with Gasteiger partial charge < -0.3 is 5.32 Å². The van der Waals surface area contributed by atoms with Gasteiger partial charge in [-0.25, -0.2) is 0 Å². The fourth-order valence-corrected chi connectivity index (χ4v) is 6.02. The van der Waals surface area contributed by atoms with Crippen molar-refractivity contribution in [1.82, 2.24) is 10.2 Å². The van der Waals surface area contributed by atoms with E-state index in [0.29, 0.717) is 0 Å². The highest BCUT2D eigenvalue weighted by atomic mass is 32.2. The molecule has 1 amide bonds. The van der Waals surface area contributed by atoms with Crippen LogP contribution in [0.5, 0.6) is 0 Å². The molecule has 0 aromatic heterocycles. The summed E-state index contributed by atoms with van der Waals surface area (Å²) in [7, 11) is 0. The Hall–Kier alpha value is -1.52. The first-order chi connectivity index (χ1) is 14.3. The van der Waals surface area contributed by atoms with Crippen LogP contribution in [0.3, 0.4) is 0 Å². The van der Waals surface area contributed by atoms with E-state index >= 15 is 0 Å². The molecule has 1 aliphatic carbocycles. The Morgan fingerprint density at radius 3 is 2.55 bits per heavy atom. The summed E-state index contributed by atoms with van der Waals surface area (Å²) in [4.78, 5) is 15.1. The summed E-state index contributed by atoms with van der Waals surface area (Å²) in [5.74, 6) is 1.54. The molecule has 1 heterocycles. The Bertz CT molecular complexity index is 789. The van der Waals surface area contributed by atoms with Crippen LogP contribution in [0.4, 0.5) is 0 Å². The van der Waals surface area contributed by atoms with Crippen LogP contribution in [0.2, 0.25) is 0 Å². The molecule has 1 saturated carbocycles. The first-order valence-electron chi connectivity index (χ1n) is 11.4. The summed E-state index contributed by atoms with van der Waals surface area (Å²) in [5, 5.41) is 6.70. The Morgan fingerprint density at radius 1 is 0.966 bits per heavy atom. The molecule has 156 valence electrons. The highest BCUT2D eigenvalue weighted by Crippen LogP contribution is 2.28. The van der Waals surface area contributed by atoms with Gasteiger partial charge in [0.15, 0.2) is 0 Å². The molecule has 1 N–H and O–H groups in total. The quantitative estimate of drug-likeness (QED) is 0.634. The van der Waals surface area contributed by atoms with Crippen LogP contribution >= 0.6 is 11.8 Å². The lowest BCUT2D eigenvalue weighted by atomic mass is 9.95. The molecule has 2 fully saturated rings. The highest BCUT2D eigenvalue weighted by molar-refractivity contribution is 7.99. The zero-order chi connectivity index (χ0) is 19.9. The Balaban J connectivity index is 1.18. The van der Waals surface area contributed by atoms with Crippen molar-refractivity contribution in [3.8, 4) is 0 Å². The van der Waals surface area contributed by atoms with E-state index in [-0.39, 0.29) is 11.8 Å². The monoisotopic (exact) mass is 410 g/mol. The summed E-state index contributed by atoms with van der Waals surface area (Å²) in [5.41, 5.74) is 1.39. The van der Waals surface area contributed by atoms with Gasteiger partial charge in [-0.05, 0) is 55.1 Å². The van der Waals surface area contributed by atoms with E-state index in [4.69, 9.17) is 0 Å². The van der Waals surface area contributed by atoms with Gasteiger partial charge in [0.2, 0.25) is 5.91 Å². The number of hydrogen-bond acceptors (Lipinski definition) is 3. The minimum absolute atomic E-state index is 0.193. The zero-order valence-electron chi connectivity index (χ0n) is 17.4. The minimum Gasteiger partial charge on any atom is -0.355 e. The van der Waals surface area contributed by atoms with E-state index in [1.165, 1.54) is 48.4 Å².